The van der Waals surface area contributed by atoms with Gasteiger partial charge in [0.05, 0.1) is 5.56 Å². The number of carboxylic acid groups (broad SMARTS) is 1. The molecule has 0 aromatic heterocycles. The number of rotatable bonds is 4. The number of hydrogen-bond donors (Lipinski definition) is 2. The molecule has 1 atom stereocenters. The summed E-state index contributed by atoms with van der Waals surface area (Å²) in [6.07, 6.45) is 3.41. The summed E-state index contributed by atoms with van der Waals surface area (Å²) >= 11 is 1.34. The summed E-state index contributed by atoms with van der Waals surface area (Å²) in [5.74, 6) is -1.67. The number of carbonyl (C=O) groups excluding carboxylic acids is 2. The van der Waals surface area contributed by atoms with Crippen LogP contribution < -0.4 is 5.32 Å². The molecule has 0 bridgehead atoms. The van der Waals surface area contributed by atoms with Gasteiger partial charge in [0.15, 0.2) is 5.17 Å². The number of carbonyl (C=O) groups is 3. The van der Waals surface area contributed by atoms with E-state index in [0.717, 1.165) is 31.1 Å². The van der Waals surface area contributed by atoms with Gasteiger partial charge in [0.1, 0.15) is 5.25 Å². The second-order valence-electron chi connectivity index (χ2n) is 6.03. The predicted octanol–water partition coefficient (Wildman–Crippen LogP) is 2.20. The summed E-state index contributed by atoms with van der Waals surface area (Å²) in [5, 5.41) is 11.8. The van der Waals surface area contributed by atoms with Crippen molar-refractivity contribution < 1.29 is 19.5 Å². The van der Waals surface area contributed by atoms with Gasteiger partial charge in [-0.25, -0.2) is 4.79 Å². The minimum atomic E-state index is -1.06. The van der Waals surface area contributed by atoms with Crippen molar-refractivity contribution in [2.45, 2.75) is 30.9 Å². The summed E-state index contributed by atoms with van der Waals surface area (Å²) in [7, 11) is 0. The molecule has 7 nitrogen and oxygen atoms in total. The zero-order valence-corrected chi connectivity index (χ0v) is 14.4. The second-order valence-corrected chi connectivity index (χ2v) is 7.19. The summed E-state index contributed by atoms with van der Waals surface area (Å²) in [4.78, 5) is 41.4. The van der Waals surface area contributed by atoms with Crippen LogP contribution in [0.1, 0.15) is 36.0 Å². The van der Waals surface area contributed by atoms with Crippen LogP contribution in [0.3, 0.4) is 0 Å². The first-order valence-electron chi connectivity index (χ1n) is 8.20. The van der Waals surface area contributed by atoms with Crippen molar-refractivity contribution in [3.63, 3.8) is 0 Å². The van der Waals surface area contributed by atoms with Crippen molar-refractivity contribution in [1.29, 1.82) is 0 Å². The molecule has 2 aliphatic heterocycles. The fourth-order valence-electron chi connectivity index (χ4n) is 2.84. The van der Waals surface area contributed by atoms with Crippen molar-refractivity contribution in [3.8, 4) is 0 Å². The summed E-state index contributed by atoms with van der Waals surface area (Å²) < 4.78 is 0. The Hall–Kier alpha value is -2.35. The monoisotopic (exact) mass is 361 g/mol. The Bertz CT molecular complexity index is 728. The van der Waals surface area contributed by atoms with Gasteiger partial charge >= 0.3 is 5.97 Å². The molecule has 8 heteroatoms. The van der Waals surface area contributed by atoms with E-state index in [0.29, 0.717) is 5.69 Å². The van der Waals surface area contributed by atoms with Crippen LogP contribution >= 0.6 is 11.8 Å². The molecular weight excluding hydrogens is 342 g/mol. The van der Waals surface area contributed by atoms with Gasteiger partial charge in [-0.05, 0) is 37.5 Å². The minimum absolute atomic E-state index is 0.0155. The van der Waals surface area contributed by atoms with E-state index in [1.807, 2.05) is 0 Å². The highest BCUT2D eigenvalue weighted by Crippen LogP contribution is 2.29. The molecule has 25 heavy (non-hydrogen) atoms. The molecular formula is C17H19N3O4S. The summed E-state index contributed by atoms with van der Waals surface area (Å²) in [6.45, 7) is 1.81. The Kier molecular flexibility index (Phi) is 5.37. The molecule has 132 valence electrons. The molecule has 0 saturated carbocycles. The number of hydrogen-bond acceptors (Lipinski definition) is 5. The molecule has 1 saturated heterocycles. The SMILES string of the molecule is O=C(C[C@@H]1SC(N2CCCCC2)=NC1=O)Nc1cccc(C(=O)O)c1. The first-order valence-corrected chi connectivity index (χ1v) is 9.08. The molecule has 0 spiro atoms. The summed E-state index contributed by atoms with van der Waals surface area (Å²) in [6, 6.07) is 6.02. The second kappa shape index (κ2) is 7.69. The Morgan fingerprint density at radius 2 is 2.04 bits per heavy atom. The van der Waals surface area contributed by atoms with Gasteiger partial charge in [-0.15, -0.1) is 0 Å². The van der Waals surface area contributed by atoms with E-state index in [9.17, 15) is 14.4 Å². The third-order valence-corrected chi connectivity index (χ3v) is 5.33. The topological polar surface area (TPSA) is 99.1 Å². The predicted molar refractivity (Wildman–Crippen MR) is 95.9 cm³/mol. The first kappa shape index (κ1) is 17.5. The number of amides is 2. The molecule has 2 N–H and O–H groups in total. The molecule has 3 rings (SSSR count). The quantitative estimate of drug-likeness (QED) is 0.853. The highest BCUT2D eigenvalue weighted by atomic mass is 32.2. The maximum atomic E-state index is 12.2. The fraction of sp³-hybridized carbons (Fsp3) is 0.412. The number of aromatic carboxylic acids is 1. The molecule has 1 aromatic rings. The van der Waals surface area contributed by atoms with Crippen LogP contribution in [0.4, 0.5) is 5.69 Å². The number of likely N-dealkylation sites (tertiary alicyclic amines) is 1. The molecule has 0 aliphatic carbocycles. The number of carboxylic acids is 1. The molecule has 0 radical (unpaired) electrons. The van der Waals surface area contributed by atoms with Gasteiger partial charge in [0.2, 0.25) is 5.91 Å². The van der Waals surface area contributed by atoms with E-state index in [1.54, 1.807) is 12.1 Å². The van der Waals surface area contributed by atoms with Crippen LogP contribution in [0.15, 0.2) is 29.3 Å². The number of thioether (sulfide) groups is 1. The fourth-order valence-corrected chi connectivity index (χ4v) is 3.96. The normalized spacial score (nSPS) is 20.3. The minimum Gasteiger partial charge on any atom is -0.478 e. The Balaban J connectivity index is 1.56. The van der Waals surface area contributed by atoms with Crippen LogP contribution in [-0.4, -0.2) is 51.3 Å². The Morgan fingerprint density at radius 1 is 1.28 bits per heavy atom. The van der Waals surface area contributed by atoms with Crippen molar-refractivity contribution in [2.24, 2.45) is 4.99 Å². The van der Waals surface area contributed by atoms with Crippen LogP contribution in [0.2, 0.25) is 0 Å². The molecule has 1 aromatic carbocycles. The highest BCUT2D eigenvalue weighted by molar-refractivity contribution is 8.15. The average molecular weight is 361 g/mol. The van der Waals surface area contributed by atoms with Crippen molar-refractivity contribution in [2.75, 3.05) is 18.4 Å². The first-order chi connectivity index (χ1) is 12.0. The summed E-state index contributed by atoms with van der Waals surface area (Å²) in [5.41, 5.74) is 0.498. The van der Waals surface area contributed by atoms with E-state index in [1.165, 1.54) is 30.3 Å². The lowest BCUT2D eigenvalue weighted by Gasteiger charge is -2.27. The van der Waals surface area contributed by atoms with E-state index in [2.05, 4.69) is 15.2 Å². The average Bonchev–Trinajstić information content (AvgIpc) is 2.96. The number of benzene rings is 1. The van der Waals surface area contributed by atoms with Crippen molar-refractivity contribution in [3.05, 3.63) is 29.8 Å². The van der Waals surface area contributed by atoms with Crippen LogP contribution in [0, 0.1) is 0 Å². The van der Waals surface area contributed by atoms with Crippen molar-refractivity contribution >= 4 is 40.4 Å². The van der Waals surface area contributed by atoms with E-state index in [4.69, 9.17) is 5.11 Å². The lowest BCUT2D eigenvalue weighted by Crippen LogP contribution is -2.33. The van der Waals surface area contributed by atoms with Crippen molar-refractivity contribution in [1.82, 2.24) is 4.90 Å². The van der Waals surface area contributed by atoms with Gasteiger partial charge < -0.3 is 15.3 Å². The van der Waals surface area contributed by atoms with E-state index < -0.39 is 11.2 Å². The third-order valence-electron chi connectivity index (χ3n) is 4.12. The van der Waals surface area contributed by atoms with Crippen LogP contribution in [0.5, 0.6) is 0 Å². The molecule has 2 heterocycles. The Morgan fingerprint density at radius 3 is 2.76 bits per heavy atom. The van der Waals surface area contributed by atoms with Crippen LogP contribution in [-0.2, 0) is 9.59 Å². The lowest BCUT2D eigenvalue weighted by atomic mass is 10.1. The number of anilines is 1. The van der Waals surface area contributed by atoms with E-state index in [-0.39, 0.29) is 23.8 Å². The third kappa shape index (κ3) is 4.39. The number of amidine groups is 1. The maximum Gasteiger partial charge on any atom is 0.335 e. The van der Waals surface area contributed by atoms with Gasteiger partial charge in [-0.1, -0.05) is 17.8 Å². The largest absolute Gasteiger partial charge is 0.478 e. The maximum absolute atomic E-state index is 12.2. The molecule has 1 fully saturated rings. The Labute approximate surface area is 149 Å². The smallest absolute Gasteiger partial charge is 0.335 e. The zero-order chi connectivity index (χ0) is 17.8. The standard InChI is InChI=1S/C17H19N3O4S/c21-14(18-12-6-4-5-11(9-12)16(23)24)10-13-15(22)19-17(25-13)20-7-2-1-3-8-20/h4-6,9,13H,1-3,7-8,10H2,(H,18,21)(H,23,24)/t13-/m0/s1. The van der Waals surface area contributed by atoms with Crippen LogP contribution in [0.25, 0.3) is 0 Å². The highest BCUT2D eigenvalue weighted by Gasteiger charge is 2.33. The van der Waals surface area contributed by atoms with Gasteiger partial charge in [0.25, 0.3) is 5.91 Å². The number of nitrogens with one attached hydrogen (secondary N) is 1. The molecule has 2 amide bonds. The molecule has 2 aliphatic rings. The lowest BCUT2D eigenvalue weighted by molar-refractivity contribution is -0.121. The number of aliphatic imine (C=N–C) groups is 1. The number of piperidine rings is 1. The van der Waals surface area contributed by atoms with Gasteiger partial charge in [-0.2, -0.15) is 4.99 Å². The van der Waals surface area contributed by atoms with Gasteiger partial charge in [-0.3, -0.25) is 9.59 Å². The van der Waals surface area contributed by atoms with Gasteiger partial charge in [0, 0.05) is 25.2 Å². The zero-order valence-electron chi connectivity index (χ0n) is 13.6. The number of nitrogens with zero attached hydrogens (tertiary/aromatic N) is 2. The molecule has 0 unspecified atom stereocenters. The van der Waals surface area contributed by atoms with E-state index >= 15 is 0 Å².